The summed E-state index contributed by atoms with van der Waals surface area (Å²) < 4.78 is 5.63. The molecule has 4 nitrogen and oxygen atoms in total. The van der Waals surface area contributed by atoms with Gasteiger partial charge in [-0.15, -0.1) is 24.0 Å². The van der Waals surface area contributed by atoms with Gasteiger partial charge in [-0.2, -0.15) is 0 Å². The van der Waals surface area contributed by atoms with Crippen molar-refractivity contribution in [2.45, 2.75) is 25.8 Å². The van der Waals surface area contributed by atoms with E-state index in [1.165, 1.54) is 18.4 Å². The summed E-state index contributed by atoms with van der Waals surface area (Å²) in [5.74, 6) is 1.73. The second kappa shape index (κ2) is 11.1. The van der Waals surface area contributed by atoms with E-state index in [4.69, 9.17) is 16.3 Å². The Bertz CT molecular complexity index is 494. The van der Waals surface area contributed by atoms with Crippen molar-refractivity contribution in [1.82, 2.24) is 10.2 Å². The zero-order chi connectivity index (χ0) is 15.8. The molecule has 0 heterocycles. The monoisotopic (exact) mass is 451 g/mol. The number of rotatable bonds is 8. The predicted octanol–water partition coefficient (Wildman–Crippen LogP) is 3.78. The van der Waals surface area contributed by atoms with Gasteiger partial charge in [0.15, 0.2) is 5.96 Å². The molecule has 1 aliphatic rings. The lowest BCUT2D eigenvalue weighted by Crippen LogP contribution is -2.39. The average molecular weight is 452 g/mol. The number of nitrogens with zero attached hydrogens (tertiary/aromatic N) is 2. The molecule has 1 aromatic rings. The maximum absolute atomic E-state index is 6.02. The van der Waals surface area contributed by atoms with Crippen LogP contribution in [0.2, 0.25) is 5.02 Å². The highest BCUT2D eigenvalue weighted by molar-refractivity contribution is 14.0. The van der Waals surface area contributed by atoms with Crippen LogP contribution in [0.1, 0.15) is 24.8 Å². The second-order valence-electron chi connectivity index (χ2n) is 5.83. The van der Waals surface area contributed by atoms with Crippen molar-refractivity contribution in [3.05, 3.63) is 34.9 Å². The summed E-state index contributed by atoms with van der Waals surface area (Å²) in [5, 5.41) is 4.14. The van der Waals surface area contributed by atoms with Crippen molar-refractivity contribution in [3.63, 3.8) is 0 Å². The van der Waals surface area contributed by atoms with Gasteiger partial charge >= 0.3 is 0 Å². The average Bonchev–Trinajstić information content (AvgIpc) is 3.30. The first-order valence-corrected chi connectivity index (χ1v) is 8.31. The Hall–Kier alpha value is -0.530. The van der Waals surface area contributed by atoms with E-state index >= 15 is 0 Å². The van der Waals surface area contributed by atoms with Crippen LogP contribution in [0, 0.1) is 5.92 Å². The van der Waals surface area contributed by atoms with Gasteiger partial charge in [-0.3, -0.25) is 4.99 Å². The Balaban J connectivity index is 0.00000264. The number of hydrogen-bond acceptors (Lipinski definition) is 2. The third-order valence-electron chi connectivity index (χ3n) is 3.68. The fourth-order valence-electron chi connectivity index (χ4n) is 2.28. The van der Waals surface area contributed by atoms with Crippen LogP contribution in [0.25, 0.3) is 0 Å². The minimum Gasteiger partial charge on any atom is -0.381 e. The van der Waals surface area contributed by atoms with Gasteiger partial charge in [-0.1, -0.05) is 23.7 Å². The van der Waals surface area contributed by atoms with Crippen LogP contribution in [0.5, 0.6) is 0 Å². The molecular formula is C17H27ClIN3O. The Morgan fingerprint density at radius 2 is 2.22 bits per heavy atom. The predicted molar refractivity (Wildman–Crippen MR) is 108 cm³/mol. The molecule has 1 aromatic carbocycles. The molecule has 0 aromatic heterocycles. The fourth-order valence-corrected chi connectivity index (χ4v) is 2.49. The smallest absolute Gasteiger partial charge is 0.193 e. The second-order valence-corrected chi connectivity index (χ2v) is 6.27. The van der Waals surface area contributed by atoms with Gasteiger partial charge in [0.1, 0.15) is 0 Å². The number of halogens is 2. The maximum Gasteiger partial charge on any atom is 0.193 e. The van der Waals surface area contributed by atoms with Crippen molar-refractivity contribution in [2.75, 3.05) is 33.9 Å². The highest BCUT2D eigenvalue weighted by atomic mass is 127. The van der Waals surface area contributed by atoms with Gasteiger partial charge in [0.2, 0.25) is 0 Å². The Kier molecular flexibility index (Phi) is 9.90. The summed E-state index contributed by atoms with van der Waals surface area (Å²) in [5.41, 5.74) is 1.17. The Morgan fingerprint density at radius 1 is 1.43 bits per heavy atom. The van der Waals surface area contributed by atoms with Gasteiger partial charge in [-0.25, -0.2) is 0 Å². The van der Waals surface area contributed by atoms with Gasteiger partial charge in [0.05, 0.1) is 0 Å². The first-order chi connectivity index (χ1) is 10.7. The maximum atomic E-state index is 6.02. The summed E-state index contributed by atoms with van der Waals surface area (Å²) in [6.07, 6.45) is 3.69. The van der Waals surface area contributed by atoms with Crippen LogP contribution >= 0.6 is 35.6 Å². The Labute approximate surface area is 161 Å². The van der Waals surface area contributed by atoms with Crippen LogP contribution < -0.4 is 5.32 Å². The third kappa shape index (κ3) is 8.22. The van der Waals surface area contributed by atoms with E-state index in [0.29, 0.717) is 0 Å². The summed E-state index contributed by atoms with van der Waals surface area (Å²) >= 11 is 6.02. The summed E-state index contributed by atoms with van der Waals surface area (Å²) in [4.78, 5) is 6.41. The lowest BCUT2D eigenvalue weighted by Gasteiger charge is -2.22. The van der Waals surface area contributed by atoms with E-state index in [1.54, 1.807) is 7.05 Å². The molecule has 0 radical (unpaired) electrons. The van der Waals surface area contributed by atoms with Crippen molar-refractivity contribution < 1.29 is 4.74 Å². The molecule has 1 saturated carbocycles. The summed E-state index contributed by atoms with van der Waals surface area (Å²) in [7, 11) is 3.83. The topological polar surface area (TPSA) is 36.9 Å². The van der Waals surface area contributed by atoms with Crippen molar-refractivity contribution in [1.29, 1.82) is 0 Å². The van der Waals surface area contributed by atoms with Crippen molar-refractivity contribution >= 4 is 41.5 Å². The number of benzene rings is 1. The molecule has 1 aliphatic carbocycles. The molecule has 23 heavy (non-hydrogen) atoms. The molecule has 0 atom stereocenters. The van der Waals surface area contributed by atoms with E-state index < -0.39 is 0 Å². The fraction of sp³-hybridized carbons (Fsp3) is 0.588. The molecule has 1 N–H and O–H groups in total. The van der Waals surface area contributed by atoms with Crippen LogP contribution in [0.15, 0.2) is 29.3 Å². The quantitative estimate of drug-likeness (QED) is 0.283. The lowest BCUT2D eigenvalue weighted by molar-refractivity contribution is 0.122. The van der Waals surface area contributed by atoms with Crippen molar-refractivity contribution in [2.24, 2.45) is 10.9 Å². The SMILES string of the molecule is CN=C(NCCCOCC1CC1)N(C)Cc1cccc(Cl)c1.I. The normalized spacial score (nSPS) is 14.3. The van der Waals surface area contributed by atoms with E-state index in [9.17, 15) is 0 Å². The molecule has 0 unspecified atom stereocenters. The number of guanidine groups is 1. The highest BCUT2D eigenvalue weighted by Gasteiger charge is 2.20. The van der Waals surface area contributed by atoms with Crippen LogP contribution in [0.4, 0.5) is 0 Å². The Morgan fingerprint density at radius 3 is 2.87 bits per heavy atom. The van der Waals surface area contributed by atoms with Gasteiger partial charge in [-0.05, 0) is 42.9 Å². The molecule has 130 valence electrons. The highest BCUT2D eigenvalue weighted by Crippen LogP contribution is 2.28. The minimum absolute atomic E-state index is 0. The molecule has 0 spiro atoms. The summed E-state index contributed by atoms with van der Waals surface area (Å²) in [6.45, 7) is 3.40. The zero-order valence-electron chi connectivity index (χ0n) is 13.9. The van der Waals surface area contributed by atoms with Crippen LogP contribution in [0.3, 0.4) is 0 Å². The largest absolute Gasteiger partial charge is 0.381 e. The number of aliphatic imine (C=N–C) groups is 1. The van der Waals surface area contributed by atoms with Gasteiger partial charge in [0.25, 0.3) is 0 Å². The molecule has 2 rings (SSSR count). The minimum atomic E-state index is 0. The first-order valence-electron chi connectivity index (χ1n) is 7.93. The van der Waals surface area contributed by atoms with Gasteiger partial charge in [0, 0.05) is 45.4 Å². The van der Waals surface area contributed by atoms with Crippen molar-refractivity contribution in [3.8, 4) is 0 Å². The molecule has 0 bridgehead atoms. The van der Waals surface area contributed by atoms with Gasteiger partial charge < -0.3 is 15.0 Å². The molecule has 0 aliphatic heterocycles. The molecule has 6 heteroatoms. The lowest BCUT2D eigenvalue weighted by atomic mass is 10.2. The number of hydrogen-bond donors (Lipinski definition) is 1. The number of nitrogens with one attached hydrogen (secondary N) is 1. The first kappa shape index (κ1) is 20.5. The molecule has 1 fully saturated rings. The van der Waals surface area contributed by atoms with E-state index in [2.05, 4.69) is 21.3 Å². The van der Waals surface area contributed by atoms with Crippen LogP contribution in [-0.4, -0.2) is 44.7 Å². The summed E-state index contributed by atoms with van der Waals surface area (Å²) in [6, 6.07) is 7.91. The number of ether oxygens (including phenoxy) is 1. The molecule has 0 saturated heterocycles. The third-order valence-corrected chi connectivity index (χ3v) is 3.92. The van der Waals surface area contributed by atoms with E-state index in [1.807, 2.05) is 25.2 Å². The standard InChI is InChI=1S/C17H26ClN3O.HI/c1-19-17(20-9-4-10-22-13-14-7-8-14)21(2)12-15-5-3-6-16(18)11-15;/h3,5-6,11,14H,4,7-10,12-13H2,1-2H3,(H,19,20);1H. The van der Waals surface area contributed by atoms with E-state index in [0.717, 1.165) is 49.6 Å². The van der Waals surface area contributed by atoms with E-state index in [-0.39, 0.29) is 24.0 Å². The zero-order valence-corrected chi connectivity index (χ0v) is 17.0. The molecule has 0 amide bonds. The van der Waals surface area contributed by atoms with Crippen LogP contribution in [-0.2, 0) is 11.3 Å². The molecular weight excluding hydrogens is 425 g/mol.